The lowest BCUT2D eigenvalue weighted by Gasteiger charge is -2.09. The van der Waals surface area contributed by atoms with E-state index in [1.807, 2.05) is 36.4 Å². The fraction of sp³-hybridized carbons (Fsp3) is 0.176. The van der Waals surface area contributed by atoms with E-state index in [2.05, 4.69) is 11.1 Å². The van der Waals surface area contributed by atoms with Crippen molar-refractivity contribution in [1.29, 1.82) is 5.26 Å². The van der Waals surface area contributed by atoms with Gasteiger partial charge in [0.2, 0.25) is 0 Å². The number of nitriles is 1. The zero-order valence-electron chi connectivity index (χ0n) is 12.0. The number of hydrogen-bond acceptors (Lipinski definition) is 4. The van der Waals surface area contributed by atoms with Gasteiger partial charge >= 0.3 is 0 Å². The van der Waals surface area contributed by atoms with Gasteiger partial charge in [-0.3, -0.25) is 4.98 Å². The average molecular weight is 280 g/mol. The van der Waals surface area contributed by atoms with Crippen molar-refractivity contribution in [2.75, 3.05) is 14.2 Å². The second kappa shape index (κ2) is 7.22. The Morgan fingerprint density at radius 3 is 2.81 bits per heavy atom. The highest BCUT2D eigenvalue weighted by atomic mass is 16.5. The maximum Gasteiger partial charge on any atom is 0.124 e. The van der Waals surface area contributed by atoms with E-state index in [1.165, 1.54) is 0 Å². The van der Waals surface area contributed by atoms with Crippen LogP contribution >= 0.6 is 0 Å². The summed E-state index contributed by atoms with van der Waals surface area (Å²) in [6.07, 6.45) is 5.17. The fourth-order valence-corrected chi connectivity index (χ4v) is 1.99. The third-order valence-electron chi connectivity index (χ3n) is 3.01. The summed E-state index contributed by atoms with van der Waals surface area (Å²) >= 11 is 0. The van der Waals surface area contributed by atoms with Gasteiger partial charge in [0.25, 0.3) is 0 Å². The number of ether oxygens (including phenoxy) is 2. The minimum atomic E-state index is 0.487. The Morgan fingerprint density at radius 2 is 2.19 bits per heavy atom. The summed E-state index contributed by atoms with van der Waals surface area (Å²) in [6.45, 7) is 0.487. The molecule has 0 aliphatic rings. The molecule has 0 bridgehead atoms. The van der Waals surface area contributed by atoms with Gasteiger partial charge < -0.3 is 9.47 Å². The average Bonchev–Trinajstić information content (AvgIpc) is 2.54. The third-order valence-corrected chi connectivity index (χ3v) is 3.01. The number of hydrogen-bond donors (Lipinski definition) is 0. The van der Waals surface area contributed by atoms with Crippen molar-refractivity contribution in [2.45, 2.75) is 6.61 Å². The molecule has 1 heterocycles. The van der Waals surface area contributed by atoms with Crippen LogP contribution in [0.4, 0.5) is 0 Å². The molecule has 21 heavy (non-hydrogen) atoms. The van der Waals surface area contributed by atoms with Crippen molar-refractivity contribution in [2.24, 2.45) is 0 Å². The minimum absolute atomic E-state index is 0.487. The Morgan fingerprint density at radius 1 is 1.33 bits per heavy atom. The van der Waals surface area contributed by atoms with Gasteiger partial charge in [0.05, 0.1) is 25.4 Å². The molecule has 0 unspecified atom stereocenters. The van der Waals surface area contributed by atoms with E-state index in [-0.39, 0.29) is 0 Å². The smallest absolute Gasteiger partial charge is 0.124 e. The zero-order chi connectivity index (χ0) is 15.1. The monoisotopic (exact) mass is 280 g/mol. The van der Waals surface area contributed by atoms with Gasteiger partial charge in [-0.05, 0) is 23.8 Å². The molecule has 0 atom stereocenters. The Balaban J connectivity index is 2.38. The van der Waals surface area contributed by atoms with Crippen LogP contribution in [0.1, 0.15) is 16.7 Å². The second-order valence-electron chi connectivity index (χ2n) is 4.42. The van der Waals surface area contributed by atoms with Gasteiger partial charge in [-0.25, -0.2) is 0 Å². The van der Waals surface area contributed by atoms with E-state index in [4.69, 9.17) is 9.47 Å². The van der Waals surface area contributed by atoms with E-state index in [0.717, 1.165) is 22.4 Å². The molecule has 1 aromatic heterocycles. The molecule has 2 rings (SSSR count). The van der Waals surface area contributed by atoms with Gasteiger partial charge in [-0.2, -0.15) is 5.26 Å². The number of nitrogens with zero attached hydrogens (tertiary/aromatic N) is 2. The summed E-state index contributed by atoms with van der Waals surface area (Å²) in [4.78, 5) is 4.03. The van der Waals surface area contributed by atoms with Crippen LogP contribution in [0.15, 0.2) is 42.7 Å². The molecule has 106 valence electrons. The van der Waals surface area contributed by atoms with Crippen LogP contribution in [0.3, 0.4) is 0 Å². The predicted molar refractivity (Wildman–Crippen MR) is 81.4 cm³/mol. The van der Waals surface area contributed by atoms with Crippen molar-refractivity contribution in [3.05, 3.63) is 59.4 Å². The molecule has 0 spiro atoms. The molecular formula is C17H16N2O2. The molecule has 0 aliphatic heterocycles. The molecule has 0 saturated heterocycles. The lowest BCUT2D eigenvalue weighted by Crippen LogP contribution is -1.94. The molecule has 4 heteroatoms. The number of aromatic nitrogens is 1. The van der Waals surface area contributed by atoms with Crippen molar-refractivity contribution in [3.8, 4) is 11.8 Å². The molecule has 1 aromatic carbocycles. The normalized spacial score (nSPS) is 11.0. The first kappa shape index (κ1) is 14.8. The molecule has 0 aliphatic carbocycles. The largest absolute Gasteiger partial charge is 0.496 e. The Hall–Kier alpha value is -2.64. The molecule has 0 amide bonds. The first-order chi connectivity index (χ1) is 10.3. The summed E-state index contributed by atoms with van der Waals surface area (Å²) in [6, 6.07) is 11.6. The Kier molecular flexibility index (Phi) is 5.08. The SMILES string of the molecule is COCc1ccc(C=C(C#N)c2cccnc2)cc1OC. The number of benzene rings is 1. The zero-order valence-corrected chi connectivity index (χ0v) is 12.0. The van der Waals surface area contributed by atoms with Crippen LogP contribution in [0.2, 0.25) is 0 Å². The lowest BCUT2D eigenvalue weighted by molar-refractivity contribution is 0.181. The van der Waals surface area contributed by atoms with E-state index in [1.54, 1.807) is 26.6 Å². The maximum absolute atomic E-state index is 9.31. The van der Waals surface area contributed by atoms with Crippen LogP contribution in [0.5, 0.6) is 5.75 Å². The Bertz CT molecular complexity index is 673. The second-order valence-corrected chi connectivity index (χ2v) is 4.42. The van der Waals surface area contributed by atoms with Gasteiger partial charge in [0.15, 0.2) is 0 Å². The molecule has 2 aromatic rings. The standard InChI is InChI=1S/C17H16N2O2/c1-20-12-15-6-5-13(9-17(15)21-2)8-16(10-18)14-4-3-7-19-11-14/h3-9,11H,12H2,1-2H3. The highest BCUT2D eigenvalue weighted by Gasteiger charge is 2.05. The predicted octanol–water partition coefficient (Wildman–Crippen LogP) is 3.30. The summed E-state index contributed by atoms with van der Waals surface area (Å²) in [7, 11) is 3.26. The highest BCUT2D eigenvalue weighted by molar-refractivity contribution is 5.89. The van der Waals surface area contributed by atoms with Crippen molar-refractivity contribution < 1.29 is 9.47 Å². The van der Waals surface area contributed by atoms with Crippen LogP contribution in [-0.4, -0.2) is 19.2 Å². The molecule has 0 N–H and O–H groups in total. The first-order valence-corrected chi connectivity index (χ1v) is 6.46. The number of allylic oxidation sites excluding steroid dienone is 1. The number of methoxy groups -OCH3 is 2. The van der Waals surface area contributed by atoms with Crippen molar-refractivity contribution in [3.63, 3.8) is 0 Å². The molecular weight excluding hydrogens is 264 g/mol. The van der Waals surface area contributed by atoms with Gasteiger partial charge in [0.1, 0.15) is 5.75 Å². The quantitative estimate of drug-likeness (QED) is 0.788. The van der Waals surface area contributed by atoms with E-state index < -0.39 is 0 Å². The van der Waals surface area contributed by atoms with Crippen LogP contribution in [0.25, 0.3) is 11.6 Å². The number of rotatable bonds is 5. The molecule has 0 radical (unpaired) electrons. The first-order valence-electron chi connectivity index (χ1n) is 6.46. The van der Waals surface area contributed by atoms with Gasteiger partial charge in [0, 0.05) is 30.6 Å². The highest BCUT2D eigenvalue weighted by Crippen LogP contribution is 2.24. The van der Waals surface area contributed by atoms with Crippen LogP contribution in [0, 0.1) is 11.3 Å². The van der Waals surface area contributed by atoms with Crippen molar-refractivity contribution >= 4 is 11.6 Å². The third kappa shape index (κ3) is 3.68. The lowest BCUT2D eigenvalue weighted by atomic mass is 10.0. The fourth-order valence-electron chi connectivity index (χ4n) is 1.99. The summed E-state index contributed by atoms with van der Waals surface area (Å²) in [5.74, 6) is 0.745. The van der Waals surface area contributed by atoms with Crippen LogP contribution < -0.4 is 4.74 Å². The summed E-state index contributed by atoms with van der Waals surface area (Å²) in [5.41, 5.74) is 3.22. The Labute approximate surface area is 124 Å². The summed E-state index contributed by atoms with van der Waals surface area (Å²) in [5, 5.41) is 9.31. The van der Waals surface area contributed by atoms with Gasteiger partial charge in [-0.15, -0.1) is 0 Å². The molecule has 0 fully saturated rings. The number of pyridine rings is 1. The van der Waals surface area contributed by atoms with Crippen LogP contribution in [-0.2, 0) is 11.3 Å². The van der Waals surface area contributed by atoms with E-state index >= 15 is 0 Å². The molecule has 4 nitrogen and oxygen atoms in total. The van der Waals surface area contributed by atoms with E-state index in [9.17, 15) is 5.26 Å². The molecule has 0 saturated carbocycles. The van der Waals surface area contributed by atoms with Gasteiger partial charge in [-0.1, -0.05) is 18.2 Å². The summed E-state index contributed by atoms with van der Waals surface area (Å²) < 4.78 is 10.5. The minimum Gasteiger partial charge on any atom is -0.496 e. The maximum atomic E-state index is 9.31. The van der Waals surface area contributed by atoms with E-state index in [0.29, 0.717) is 12.2 Å². The van der Waals surface area contributed by atoms with Crippen molar-refractivity contribution in [1.82, 2.24) is 4.98 Å². The topological polar surface area (TPSA) is 55.1 Å².